The number of methoxy groups -OCH3 is 1. The first-order valence-electron chi connectivity index (χ1n) is 6.80. The third-order valence-corrected chi connectivity index (χ3v) is 4.38. The third kappa shape index (κ3) is 3.69. The molecule has 0 aliphatic heterocycles. The number of thioether (sulfide) groups is 1. The molecule has 0 unspecified atom stereocenters. The number of hydrogen-bond donors (Lipinski definition) is 1. The van der Waals surface area contributed by atoms with E-state index in [0.29, 0.717) is 12.4 Å². The molecule has 6 heteroatoms. The van der Waals surface area contributed by atoms with Crippen LogP contribution in [0.15, 0.2) is 23.4 Å². The Bertz CT molecular complexity index is 637. The summed E-state index contributed by atoms with van der Waals surface area (Å²) in [5.41, 5.74) is 1.27. The molecule has 5 nitrogen and oxygen atoms in total. The van der Waals surface area contributed by atoms with E-state index in [1.54, 1.807) is 0 Å². The fourth-order valence-corrected chi connectivity index (χ4v) is 2.83. The van der Waals surface area contributed by atoms with Gasteiger partial charge >= 0.3 is 5.97 Å². The molecule has 2 aromatic rings. The highest BCUT2D eigenvalue weighted by Gasteiger charge is 2.29. The van der Waals surface area contributed by atoms with Gasteiger partial charge in [-0.3, -0.25) is 4.79 Å². The highest BCUT2D eigenvalue weighted by atomic mass is 32.2. The lowest BCUT2D eigenvalue weighted by Gasteiger charge is -2.19. The Morgan fingerprint density at radius 3 is 2.86 bits per heavy atom. The molecule has 1 N–H and O–H groups in total. The van der Waals surface area contributed by atoms with Crippen LogP contribution < -0.4 is 4.74 Å². The Morgan fingerprint density at radius 1 is 1.43 bits per heavy atom. The van der Waals surface area contributed by atoms with Crippen LogP contribution in [0.5, 0.6) is 5.75 Å². The number of H-pyrrole nitrogens is 1. The number of carbonyl (C=O) groups excluding carboxylic acids is 1. The number of rotatable bonds is 6. The number of aromatic amines is 1. The lowest BCUT2D eigenvalue weighted by atomic mass is 9.97. The monoisotopic (exact) mass is 308 g/mol. The van der Waals surface area contributed by atoms with Crippen molar-refractivity contribution in [3.05, 3.63) is 18.2 Å². The van der Waals surface area contributed by atoms with Crippen molar-refractivity contribution in [1.82, 2.24) is 9.97 Å². The average molecular weight is 308 g/mol. The molecule has 0 aliphatic carbocycles. The van der Waals surface area contributed by atoms with Gasteiger partial charge in [0, 0.05) is 11.8 Å². The molecule has 1 aromatic carbocycles. The first kappa shape index (κ1) is 15.7. The van der Waals surface area contributed by atoms with Crippen molar-refractivity contribution in [3.63, 3.8) is 0 Å². The van der Waals surface area contributed by atoms with Gasteiger partial charge in [0.1, 0.15) is 5.75 Å². The number of nitrogens with one attached hydrogen (secondary N) is 1. The molecule has 0 fully saturated rings. The lowest BCUT2D eigenvalue weighted by Crippen LogP contribution is -2.28. The number of aromatic nitrogens is 2. The second-order valence-corrected chi connectivity index (χ2v) is 6.28. The molecule has 21 heavy (non-hydrogen) atoms. The average Bonchev–Trinajstić information content (AvgIpc) is 2.87. The Morgan fingerprint density at radius 2 is 2.19 bits per heavy atom. The van der Waals surface area contributed by atoms with E-state index in [4.69, 9.17) is 9.47 Å². The van der Waals surface area contributed by atoms with Gasteiger partial charge in [0.2, 0.25) is 0 Å². The first-order chi connectivity index (χ1) is 9.96. The maximum Gasteiger partial charge on any atom is 0.312 e. The summed E-state index contributed by atoms with van der Waals surface area (Å²) in [6.45, 7) is 6.31. The van der Waals surface area contributed by atoms with Gasteiger partial charge in [-0.05, 0) is 32.9 Å². The van der Waals surface area contributed by atoms with Crippen LogP contribution >= 0.6 is 11.8 Å². The number of hydrogen-bond acceptors (Lipinski definition) is 5. The minimum absolute atomic E-state index is 0.218. The zero-order chi connectivity index (χ0) is 15.5. The maximum absolute atomic E-state index is 11.7. The Hall–Kier alpha value is -1.69. The zero-order valence-electron chi connectivity index (χ0n) is 12.7. The van der Waals surface area contributed by atoms with Gasteiger partial charge in [-0.2, -0.15) is 0 Å². The SMILES string of the molecule is CCOc1ccc2nc(SCC(C)(C)C(=O)OC)[nH]c2c1. The topological polar surface area (TPSA) is 64.2 Å². The second kappa shape index (κ2) is 6.39. The smallest absolute Gasteiger partial charge is 0.312 e. The molecule has 0 saturated heterocycles. The van der Waals surface area contributed by atoms with Crippen molar-refractivity contribution in [2.45, 2.75) is 25.9 Å². The molecule has 0 bridgehead atoms. The second-order valence-electron chi connectivity index (χ2n) is 5.32. The predicted octanol–water partition coefficient (Wildman–Crippen LogP) is 3.25. The summed E-state index contributed by atoms with van der Waals surface area (Å²) in [6, 6.07) is 5.76. The minimum Gasteiger partial charge on any atom is -0.494 e. The molecular formula is C15H20N2O3S. The van der Waals surface area contributed by atoms with Crippen LogP contribution in [-0.2, 0) is 9.53 Å². The van der Waals surface area contributed by atoms with E-state index in [2.05, 4.69) is 9.97 Å². The molecule has 114 valence electrons. The largest absolute Gasteiger partial charge is 0.494 e. The molecule has 2 rings (SSSR count). The highest BCUT2D eigenvalue weighted by Crippen LogP contribution is 2.29. The van der Waals surface area contributed by atoms with E-state index in [9.17, 15) is 4.79 Å². The number of esters is 1. The van der Waals surface area contributed by atoms with Gasteiger partial charge in [0.15, 0.2) is 5.16 Å². The molecule has 0 radical (unpaired) electrons. The molecule has 1 heterocycles. The van der Waals surface area contributed by atoms with E-state index < -0.39 is 5.41 Å². The summed E-state index contributed by atoms with van der Waals surface area (Å²) < 4.78 is 10.3. The van der Waals surface area contributed by atoms with Gasteiger partial charge in [-0.25, -0.2) is 4.98 Å². The van der Waals surface area contributed by atoms with E-state index in [1.165, 1.54) is 18.9 Å². The Balaban J connectivity index is 2.11. The standard InChI is InChI=1S/C15H20N2O3S/c1-5-20-10-6-7-11-12(8-10)17-14(16-11)21-9-15(2,3)13(18)19-4/h6-8H,5,9H2,1-4H3,(H,16,17). The number of ether oxygens (including phenoxy) is 2. The first-order valence-corrected chi connectivity index (χ1v) is 7.78. The van der Waals surface area contributed by atoms with Gasteiger partial charge < -0.3 is 14.5 Å². The van der Waals surface area contributed by atoms with Crippen LogP contribution in [0.25, 0.3) is 11.0 Å². The van der Waals surface area contributed by atoms with Crippen molar-refractivity contribution in [2.75, 3.05) is 19.5 Å². The number of imidazole rings is 1. The van der Waals surface area contributed by atoms with Gasteiger partial charge in [-0.1, -0.05) is 11.8 Å². The fourth-order valence-electron chi connectivity index (χ4n) is 1.87. The van der Waals surface area contributed by atoms with Crippen molar-refractivity contribution < 1.29 is 14.3 Å². The van der Waals surface area contributed by atoms with Crippen molar-refractivity contribution in [2.24, 2.45) is 5.41 Å². The molecule has 0 atom stereocenters. The highest BCUT2D eigenvalue weighted by molar-refractivity contribution is 7.99. The van der Waals surface area contributed by atoms with Crippen molar-refractivity contribution >= 4 is 28.8 Å². The molecule has 0 saturated carbocycles. The summed E-state index contributed by atoms with van der Waals surface area (Å²) in [7, 11) is 1.41. The Kier molecular flexibility index (Phi) is 4.77. The number of fused-ring (bicyclic) bond motifs is 1. The van der Waals surface area contributed by atoms with Gasteiger partial charge in [0.25, 0.3) is 0 Å². The van der Waals surface area contributed by atoms with Crippen molar-refractivity contribution in [3.8, 4) is 5.75 Å². The van der Waals surface area contributed by atoms with Gasteiger partial charge in [-0.15, -0.1) is 0 Å². The number of nitrogens with zero attached hydrogens (tertiary/aromatic N) is 1. The van der Waals surface area contributed by atoms with Crippen molar-refractivity contribution in [1.29, 1.82) is 0 Å². The minimum atomic E-state index is -0.547. The van der Waals surface area contributed by atoms with Crippen LogP contribution in [-0.4, -0.2) is 35.4 Å². The number of carbonyl (C=O) groups is 1. The maximum atomic E-state index is 11.7. The van der Waals surface area contributed by atoms with Crippen LogP contribution in [0.3, 0.4) is 0 Å². The lowest BCUT2D eigenvalue weighted by molar-refractivity contribution is -0.149. The van der Waals surface area contributed by atoms with Crippen LogP contribution in [0.1, 0.15) is 20.8 Å². The molecule has 0 amide bonds. The third-order valence-electron chi connectivity index (χ3n) is 3.05. The van der Waals surface area contributed by atoms with E-state index in [0.717, 1.165) is 21.9 Å². The zero-order valence-corrected chi connectivity index (χ0v) is 13.5. The number of benzene rings is 1. The van der Waals surface area contributed by atoms with E-state index >= 15 is 0 Å². The molecule has 0 aliphatic rings. The summed E-state index contributed by atoms with van der Waals surface area (Å²) in [5.74, 6) is 1.20. The predicted molar refractivity (Wildman–Crippen MR) is 83.8 cm³/mol. The Labute approximate surface area is 128 Å². The summed E-state index contributed by atoms with van der Waals surface area (Å²) in [4.78, 5) is 19.4. The quantitative estimate of drug-likeness (QED) is 0.655. The normalized spacial score (nSPS) is 11.6. The molecular weight excluding hydrogens is 288 g/mol. The summed E-state index contributed by atoms with van der Waals surface area (Å²) >= 11 is 1.51. The molecule has 1 aromatic heterocycles. The van der Waals surface area contributed by atoms with Gasteiger partial charge in [0.05, 0.1) is 30.2 Å². The fraction of sp³-hybridized carbons (Fsp3) is 0.467. The summed E-state index contributed by atoms with van der Waals surface area (Å²) in [5, 5.41) is 0.788. The van der Waals surface area contributed by atoms with Crippen LogP contribution in [0.4, 0.5) is 0 Å². The molecule has 0 spiro atoms. The van der Waals surface area contributed by atoms with Crippen LogP contribution in [0.2, 0.25) is 0 Å². The van der Waals surface area contributed by atoms with Crippen LogP contribution in [0, 0.1) is 5.41 Å². The van der Waals surface area contributed by atoms with E-state index in [-0.39, 0.29) is 5.97 Å². The summed E-state index contributed by atoms with van der Waals surface area (Å²) in [6.07, 6.45) is 0. The van der Waals surface area contributed by atoms with E-state index in [1.807, 2.05) is 39.0 Å².